The van der Waals surface area contributed by atoms with Crippen molar-refractivity contribution in [2.75, 3.05) is 13.7 Å². The van der Waals surface area contributed by atoms with Crippen LogP contribution in [0.5, 0.6) is 11.5 Å². The Morgan fingerprint density at radius 3 is 2.57 bits per heavy atom. The molecule has 1 aromatic heterocycles. The summed E-state index contributed by atoms with van der Waals surface area (Å²) < 4.78 is 10.8. The molecule has 0 saturated carbocycles. The van der Waals surface area contributed by atoms with Gasteiger partial charge in [0, 0.05) is 36.6 Å². The normalized spacial score (nSPS) is 10.4. The number of nitrogens with one attached hydrogen (secondary N) is 1. The van der Waals surface area contributed by atoms with Crippen LogP contribution < -0.4 is 14.8 Å². The van der Waals surface area contributed by atoms with E-state index in [9.17, 15) is 0 Å². The quantitative estimate of drug-likeness (QED) is 0.851. The number of hydrogen-bond donors (Lipinski definition) is 1. The van der Waals surface area contributed by atoms with Crippen molar-refractivity contribution in [3.8, 4) is 11.5 Å². The van der Waals surface area contributed by atoms with E-state index in [1.807, 2.05) is 25.1 Å². The van der Waals surface area contributed by atoms with E-state index in [2.05, 4.69) is 10.3 Å². The van der Waals surface area contributed by atoms with Gasteiger partial charge < -0.3 is 14.8 Å². The van der Waals surface area contributed by atoms with Gasteiger partial charge >= 0.3 is 0 Å². The molecule has 2 aromatic rings. The molecule has 1 aromatic carbocycles. The molecule has 21 heavy (non-hydrogen) atoms. The molecular weight excluding hydrogens is 288 g/mol. The third-order valence-corrected chi connectivity index (χ3v) is 3.38. The number of methoxy groups -OCH3 is 1. The minimum Gasteiger partial charge on any atom is -0.493 e. The van der Waals surface area contributed by atoms with Crippen molar-refractivity contribution < 1.29 is 9.47 Å². The SMILES string of the molecule is CCOc1cc(Cl)c(CNCc2ccncc2)cc1OC. The molecule has 0 aliphatic heterocycles. The van der Waals surface area contributed by atoms with E-state index in [4.69, 9.17) is 21.1 Å². The van der Waals surface area contributed by atoms with Crippen LogP contribution in [-0.4, -0.2) is 18.7 Å². The average molecular weight is 307 g/mol. The van der Waals surface area contributed by atoms with Gasteiger partial charge in [-0.3, -0.25) is 4.98 Å². The van der Waals surface area contributed by atoms with Crippen LogP contribution in [0.2, 0.25) is 5.02 Å². The van der Waals surface area contributed by atoms with Gasteiger partial charge in [0.05, 0.1) is 13.7 Å². The highest BCUT2D eigenvalue weighted by atomic mass is 35.5. The highest BCUT2D eigenvalue weighted by molar-refractivity contribution is 6.31. The van der Waals surface area contributed by atoms with E-state index in [0.717, 1.165) is 12.1 Å². The first kappa shape index (κ1) is 15.6. The summed E-state index contributed by atoms with van der Waals surface area (Å²) in [7, 11) is 1.62. The summed E-state index contributed by atoms with van der Waals surface area (Å²) in [6, 6.07) is 7.67. The summed E-state index contributed by atoms with van der Waals surface area (Å²) in [5.74, 6) is 1.37. The van der Waals surface area contributed by atoms with Crippen molar-refractivity contribution in [2.45, 2.75) is 20.0 Å². The topological polar surface area (TPSA) is 43.4 Å². The van der Waals surface area contributed by atoms with Crippen LogP contribution in [0.1, 0.15) is 18.1 Å². The Labute approximate surface area is 130 Å². The van der Waals surface area contributed by atoms with Crippen LogP contribution in [0.25, 0.3) is 0 Å². The maximum absolute atomic E-state index is 6.29. The molecular formula is C16H19ClN2O2. The predicted octanol–water partition coefficient (Wildman–Crippen LogP) is 3.43. The number of rotatable bonds is 7. The number of hydrogen-bond acceptors (Lipinski definition) is 4. The number of pyridine rings is 1. The van der Waals surface area contributed by atoms with E-state index in [1.54, 1.807) is 25.6 Å². The highest BCUT2D eigenvalue weighted by Gasteiger charge is 2.10. The minimum atomic E-state index is 0.576. The molecule has 0 radical (unpaired) electrons. The van der Waals surface area contributed by atoms with Gasteiger partial charge in [-0.05, 0) is 36.2 Å². The first-order chi connectivity index (χ1) is 10.2. The summed E-state index contributed by atoms with van der Waals surface area (Å²) in [6.45, 7) is 3.92. The Balaban J connectivity index is 2.02. The van der Waals surface area contributed by atoms with Crippen LogP contribution >= 0.6 is 11.6 Å². The van der Waals surface area contributed by atoms with E-state index >= 15 is 0 Å². The summed E-state index contributed by atoms with van der Waals surface area (Å²) in [6.07, 6.45) is 3.56. The third kappa shape index (κ3) is 4.34. The molecule has 1 heterocycles. The zero-order valence-electron chi connectivity index (χ0n) is 12.2. The van der Waals surface area contributed by atoms with Crippen molar-refractivity contribution in [2.24, 2.45) is 0 Å². The maximum atomic E-state index is 6.29. The van der Waals surface area contributed by atoms with Gasteiger partial charge in [0.15, 0.2) is 11.5 Å². The second kappa shape index (κ2) is 7.86. The van der Waals surface area contributed by atoms with Crippen LogP contribution in [0, 0.1) is 0 Å². The number of nitrogens with zero attached hydrogens (tertiary/aromatic N) is 1. The fourth-order valence-electron chi connectivity index (χ4n) is 1.98. The molecule has 0 bridgehead atoms. The van der Waals surface area contributed by atoms with Gasteiger partial charge in [-0.15, -0.1) is 0 Å². The summed E-state index contributed by atoms with van der Waals surface area (Å²) in [4.78, 5) is 4.00. The van der Waals surface area contributed by atoms with Gasteiger partial charge in [0.1, 0.15) is 0 Å². The van der Waals surface area contributed by atoms with Gasteiger partial charge in [0.25, 0.3) is 0 Å². The highest BCUT2D eigenvalue weighted by Crippen LogP contribution is 2.33. The molecule has 112 valence electrons. The molecule has 0 spiro atoms. The number of benzene rings is 1. The molecule has 0 amide bonds. The van der Waals surface area contributed by atoms with E-state index < -0.39 is 0 Å². The second-order valence-corrected chi connectivity index (χ2v) is 4.89. The average Bonchev–Trinajstić information content (AvgIpc) is 2.51. The fraction of sp³-hybridized carbons (Fsp3) is 0.312. The molecule has 5 heteroatoms. The van der Waals surface area contributed by atoms with Crippen molar-refractivity contribution in [3.05, 3.63) is 52.8 Å². The molecule has 1 N–H and O–H groups in total. The monoisotopic (exact) mass is 306 g/mol. The number of aromatic nitrogens is 1. The number of halogens is 1. The first-order valence-electron chi connectivity index (χ1n) is 6.83. The standard InChI is InChI=1S/C16H19ClN2O2/c1-3-21-16-9-14(17)13(8-15(16)20-2)11-19-10-12-4-6-18-7-5-12/h4-9,19H,3,10-11H2,1-2H3. The van der Waals surface area contributed by atoms with E-state index in [1.165, 1.54) is 5.56 Å². The Hall–Kier alpha value is -1.78. The lowest BCUT2D eigenvalue weighted by molar-refractivity contribution is 0.310. The molecule has 0 aliphatic rings. The Kier molecular flexibility index (Phi) is 5.84. The van der Waals surface area contributed by atoms with Crippen LogP contribution in [0.3, 0.4) is 0 Å². The lowest BCUT2D eigenvalue weighted by Crippen LogP contribution is -2.13. The molecule has 0 aliphatic carbocycles. The Morgan fingerprint density at radius 1 is 1.14 bits per heavy atom. The number of ether oxygens (including phenoxy) is 2. The molecule has 0 fully saturated rings. The van der Waals surface area contributed by atoms with Crippen LogP contribution in [-0.2, 0) is 13.1 Å². The fourth-order valence-corrected chi connectivity index (χ4v) is 2.20. The Bertz CT molecular complexity index is 576. The van der Waals surface area contributed by atoms with Crippen molar-refractivity contribution in [1.82, 2.24) is 10.3 Å². The van der Waals surface area contributed by atoms with Gasteiger partial charge in [-0.25, -0.2) is 0 Å². The smallest absolute Gasteiger partial charge is 0.162 e. The molecule has 4 nitrogen and oxygen atoms in total. The van der Waals surface area contributed by atoms with Crippen molar-refractivity contribution >= 4 is 11.6 Å². The summed E-state index contributed by atoms with van der Waals surface area (Å²) in [5.41, 5.74) is 2.16. The zero-order valence-corrected chi connectivity index (χ0v) is 13.0. The van der Waals surface area contributed by atoms with Crippen molar-refractivity contribution in [1.29, 1.82) is 0 Å². The van der Waals surface area contributed by atoms with E-state index in [0.29, 0.717) is 29.7 Å². The Morgan fingerprint density at radius 2 is 1.90 bits per heavy atom. The van der Waals surface area contributed by atoms with Crippen molar-refractivity contribution in [3.63, 3.8) is 0 Å². The third-order valence-electron chi connectivity index (χ3n) is 3.03. The van der Waals surface area contributed by atoms with Gasteiger partial charge in [-0.2, -0.15) is 0 Å². The largest absolute Gasteiger partial charge is 0.493 e. The summed E-state index contributed by atoms with van der Waals surface area (Å²) in [5, 5.41) is 4.02. The second-order valence-electron chi connectivity index (χ2n) is 4.49. The maximum Gasteiger partial charge on any atom is 0.162 e. The van der Waals surface area contributed by atoms with Gasteiger partial charge in [0.2, 0.25) is 0 Å². The predicted molar refractivity (Wildman–Crippen MR) is 84.0 cm³/mol. The van der Waals surface area contributed by atoms with Crippen LogP contribution in [0.15, 0.2) is 36.7 Å². The molecule has 0 atom stereocenters. The zero-order chi connectivity index (χ0) is 15.1. The molecule has 0 saturated heterocycles. The molecule has 2 rings (SSSR count). The first-order valence-corrected chi connectivity index (χ1v) is 7.21. The van der Waals surface area contributed by atoms with E-state index in [-0.39, 0.29) is 0 Å². The minimum absolute atomic E-state index is 0.576. The molecule has 0 unspecified atom stereocenters. The van der Waals surface area contributed by atoms with Gasteiger partial charge in [-0.1, -0.05) is 11.6 Å². The lowest BCUT2D eigenvalue weighted by Gasteiger charge is -2.13. The lowest BCUT2D eigenvalue weighted by atomic mass is 10.2. The summed E-state index contributed by atoms with van der Waals surface area (Å²) >= 11 is 6.29. The van der Waals surface area contributed by atoms with Crippen LogP contribution in [0.4, 0.5) is 0 Å².